The van der Waals surface area contributed by atoms with E-state index >= 15 is 0 Å². The molecule has 0 aliphatic carbocycles. The molecule has 2 aromatic rings. The first-order valence-corrected chi connectivity index (χ1v) is 5.12. The van der Waals surface area contributed by atoms with Crippen molar-refractivity contribution in [3.63, 3.8) is 0 Å². The minimum Gasteiger partial charge on any atom is -0.507 e. The van der Waals surface area contributed by atoms with Gasteiger partial charge in [0.25, 0.3) is 0 Å². The van der Waals surface area contributed by atoms with Crippen LogP contribution in [0.15, 0.2) is 53.5 Å². The van der Waals surface area contributed by atoms with Crippen LogP contribution in [-0.4, -0.2) is 11.3 Å². The number of benzene rings is 2. The van der Waals surface area contributed by atoms with Gasteiger partial charge in [0.05, 0.1) is 17.3 Å². The fourth-order valence-corrected chi connectivity index (χ4v) is 1.36. The van der Waals surface area contributed by atoms with Gasteiger partial charge in [0, 0.05) is 11.8 Å². The van der Waals surface area contributed by atoms with Gasteiger partial charge in [-0.3, -0.25) is 4.99 Å². The first-order chi connectivity index (χ1) is 8.29. The standard InChI is InChI=1S/C14H10N2O/c15-9-11-5-7-13(8-6-11)16-10-12-3-1-2-4-14(12)17/h1-8,10,17H. The number of para-hydroxylation sites is 1. The van der Waals surface area contributed by atoms with Crippen molar-refractivity contribution in [2.24, 2.45) is 4.99 Å². The summed E-state index contributed by atoms with van der Waals surface area (Å²) >= 11 is 0. The lowest BCUT2D eigenvalue weighted by Crippen LogP contribution is -1.80. The predicted octanol–water partition coefficient (Wildman–Crippen LogP) is 3.01. The molecule has 0 saturated carbocycles. The molecule has 0 unspecified atom stereocenters. The van der Waals surface area contributed by atoms with Crippen LogP contribution in [-0.2, 0) is 0 Å². The van der Waals surface area contributed by atoms with E-state index in [0.717, 1.165) is 5.69 Å². The normalized spacial score (nSPS) is 10.3. The Bertz CT molecular complexity index is 580. The van der Waals surface area contributed by atoms with Gasteiger partial charge >= 0.3 is 0 Å². The number of nitrogens with zero attached hydrogens (tertiary/aromatic N) is 2. The molecular formula is C14H10N2O. The number of aromatic hydroxyl groups is 1. The first-order valence-electron chi connectivity index (χ1n) is 5.12. The molecule has 0 heterocycles. The van der Waals surface area contributed by atoms with Crippen molar-refractivity contribution in [3.05, 3.63) is 59.7 Å². The minimum atomic E-state index is 0.199. The summed E-state index contributed by atoms with van der Waals surface area (Å²) in [6.07, 6.45) is 1.59. The molecule has 0 amide bonds. The Kier molecular flexibility index (Phi) is 3.18. The maximum Gasteiger partial charge on any atom is 0.124 e. The van der Waals surface area contributed by atoms with Crippen LogP contribution < -0.4 is 0 Å². The van der Waals surface area contributed by atoms with Crippen LogP contribution in [0.2, 0.25) is 0 Å². The molecule has 2 rings (SSSR count). The highest BCUT2D eigenvalue weighted by Gasteiger charge is 1.95. The van der Waals surface area contributed by atoms with Crippen LogP contribution in [0, 0.1) is 11.3 Å². The van der Waals surface area contributed by atoms with E-state index in [1.165, 1.54) is 0 Å². The molecular weight excluding hydrogens is 212 g/mol. The highest BCUT2D eigenvalue weighted by Crippen LogP contribution is 2.16. The summed E-state index contributed by atoms with van der Waals surface area (Å²) in [6.45, 7) is 0. The van der Waals surface area contributed by atoms with Crippen LogP contribution in [0.1, 0.15) is 11.1 Å². The highest BCUT2D eigenvalue weighted by atomic mass is 16.3. The van der Waals surface area contributed by atoms with Gasteiger partial charge in [-0.1, -0.05) is 12.1 Å². The first kappa shape index (κ1) is 10.9. The summed E-state index contributed by atoms with van der Waals surface area (Å²) in [5.74, 6) is 0.199. The number of rotatable bonds is 2. The number of hydrogen-bond donors (Lipinski definition) is 1. The van der Waals surface area contributed by atoms with E-state index in [-0.39, 0.29) is 5.75 Å². The van der Waals surface area contributed by atoms with E-state index in [1.807, 2.05) is 12.1 Å². The summed E-state index contributed by atoms with van der Waals surface area (Å²) < 4.78 is 0. The fraction of sp³-hybridized carbons (Fsp3) is 0. The zero-order chi connectivity index (χ0) is 12.1. The van der Waals surface area contributed by atoms with E-state index in [9.17, 15) is 5.11 Å². The average Bonchev–Trinajstić information content (AvgIpc) is 2.38. The molecule has 0 aromatic heterocycles. The summed E-state index contributed by atoms with van der Waals surface area (Å²) in [6, 6.07) is 16.0. The molecule has 2 aromatic carbocycles. The van der Waals surface area contributed by atoms with Crippen molar-refractivity contribution in [1.82, 2.24) is 0 Å². The number of hydrogen-bond acceptors (Lipinski definition) is 3. The average molecular weight is 222 g/mol. The van der Waals surface area contributed by atoms with E-state index in [0.29, 0.717) is 11.1 Å². The molecule has 0 radical (unpaired) electrons. The second-order valence-corrected chi connectivity index (χ2v) is 3.48. The van der Waals surface area contributed by atoms with Gasteiger partial charge in [-0.2, -0.15) is 5.26 Å². The molecule has 1 N–H and O–H groups in total. The lowest BCUT2D eigenvalue weighted by Gasteiger charge is -1.97. The van der Waals surface area contributed by atoms with Crippen LogP contribution in [0.3, 0.4) is 0 Å². The van der Waals surface area contributed by atoms with Gasteiger partial charge in [0.2, 0.25) is 0 Å². The Morgan fingerprint density at radius 2 is 1.76 bits per heavy atom. The Hall–Kier alpha value is -2.60. The summed E-state index contributed by atoms with van der Waals surface area (Å²) in [7, 11) is 0. The van der Waals surface area contributed by atoms with Crippen LogP contribution in [0.25, 0.3) is 0 Å². The monoisotopic (exact) mass is 222 g/mol. The van der Waals surface area contributed by atoms with Gasteiger partial charge in [-0.25, -0.2) is 0 Å². The van der Waals surface area contributed by atoms with Gasteiger partial charge in [0.15, 0.2) is 0 Å². The topological polar surface area (TPSA) is 56.4 Å². The van der Waals surface area contributed by atoms with Crippen molar-refractivity contribution in [3.8, 4) is 11.8 Å². The third-order valence-electron chi connectivity index (χ3n) is 2.29. The number of phenols is 1. The largest absolute Gasteiger partial charge is 0.507 e. The quantitative estimate of drug-likeness (QED) is 0.794. The molecule has 3 heteroatoms. The number of phenolic OH excluding ortho intramolecular Hbond substituents is 1. The molecule has 0 atom stereocenters. The summed E-state index contributed by atoms with van der Waals surface area (Å²) in [5, 5.41) is 18.2. The fourth-order valence-electron chi connectivity index (χ4n) is 1.36. The zero-order valence-corrected chi connectivity index (χ0v) is 9.04. The molecule has 17 heavy (non-hydrogen) atoms. The van der Waals surface area contributed by atoms with Crippen molar-refractivity contribution in [1.29, 1.82) is 5.26 Å². The van der Waals surface area contributed by atoms with E-state index in [1.54, 1.807) is 48.7 Å². The number of nitriles is 1. The van der Waals surface area contributed by atoms with Crippen molar-refractivity contribution in [2.45, 2.75) is 0 Å². The van der Waals surface area contributed by atoms with Crippen molar-refractivity contribution in [2.75, 3.05) is 0 Å². The second kappa shape index (κ2) is 4.95. The Morgan fingerprint density at radius 3 is 2.41 bits per heavy atom. The Labute approximate surface area is 99.3 Å². The van der Waals surface area contributed by atoms with Crippen LogP contribution in [0.5, 0.6) is 5.75 Å². The molecule has 0 spiro atoms. The van der Waals surface area contributed by atoms with E-state index in [4.69, 9.17) is 5.26 Å². The lowest BCUT2D eigenvalue weighted by atomic mass is 10.2. The molecule has 0 aliphatic rings. The SMILES string of the molecule is N#Cc1ccc(N=Cc2ccccc2O)cc1. The van der Waals surface area contributed by atoms with Crippen LogP contribution in [0.4, 0.5) is 5.69 Å². The predicted molar refractivity (Wildman–Crippen MR) is 66.5 cm³/mol. The molecule has 3 nitrogen and oxygen atoms in total. The molecule has 82 valence electrons. The third-order valence-corrected chi connectivity index (χ3v) is 2.29. The van der Waals surface area contributed by atoms with Crippen molar-refractivity contribution < 1.29 is 5.11 Å². The van der Waals surface area contributed by atoms with E-state index < -0.39 is 0 Å². The molecule has 0 fully saturated rings. The smallest absolute Gasteiger partial charge is 0.124 e. The van der Waals surface area contributed by atoms with E-state index in [2.05, 4.69) is 4.99 Å². The minimum absolute atomic E-state index is 0.199. The number of aliphatic imine (C=N–C) groups is 1. The second-order valence-electron chi connectivity index (χ2n) is 3.48. The van der Waals surface area contributed by atoms with Crippen molar-refractivity contribution >= 4 is 11.9 Å². The van der Waals surface area contributed by atoms with Gasteiger partial charge in [-0.05, 0) is 36.4 Å². The van der Waals surface area contributed by atoms with Gasteiger partial charge in [0.1, 0.15) is 5.75 Å². The molecule has 0 aliphatic heterocycles. The Balaban J connectivity index is 2.21. The van der Waals surface area contributed by atoms with Gasteiger partial charge in [-0.15, -0.1) is 0 Å². The Morgan fingerprint density at radius 1 is 1.06 bits per heavy atom. The lowest BCUT2D eigenvalue weighted by molar-refractivity contribution is 0.474. The van der Waals surface area contributed by atoms with Gasteiger partial charge < -0.3 is 5.11 Å². The zero-order valence-electron chi connectivity index (χ0n) is 9.04. The molecule has 0 bridgehead atoms. The van der Waals surface area contributed by atoms with Crippen LogP contribution >= 0.6 is 0 Å². The molecule has 0 saturated heterocycles. The maximum atomic E-state index is 9.54. The third kappa shape index (κ3) is 2.70. The summed E-state index contributed by atoms with van der Waals surface area (Å²) in [5.41, 5.74) is 2.01. The maximum absolute atomic E-state index is 9.54. The summed E-state index contributed by atoms with van der Waals surface area (Å²) in [4.78, 5) is 4.22. The highest BCUT2D eigenvalue weighted by molar-refractivity contribution is 5.85.